The largest absolute Gasteiger partial charge is 0.299 e. The Kier molecular flexibility index (Phi) is 5.21. The van der Waals surface area contributed by atoms with Crippen molar-refractivity contribution in [2.24, 2.45) is 0 Å². The van der Waals surface area contributed by atoms with Crippen LogP contribution >= 0.6 is 11.6 Å². The van der Waals surface area contributed by atoms with E-state index in [1.165, 1.54) is 22.5 Å². The zero-order chi connectivity index (χ0) is 16.4. The minimum Gasteiger partial charge on any atom is -0.271 e. The van der Waals surface area contributed by atoms with Crippen molar-refractivity contribution in [2.75, 3.05) is 27.9 Å². The van der Waals surface area contributed by atoms with Gasteiger partial charge in [0, 0.05) is 13.1 Å². The molecule has 124 valence electrons. The third-order valence-corrected chi connectivity index (χ3v) is 6.48. The maximum Gasteiger partial charge on any atom is 0.299 e. The highest BCUT2D eigenvalue weighted by Gasteiger charge is 2.27. The number of rotatable bonds is 5. The monoisotopic (exact) mass is 367 g/mol. The molecule has 0 spiro atoms. The second-order valence-corrected chi connectivity index (χ2v) is 8.78. The number of nitrogens with zero attached hydrogens (tertiary/aromatic N) is 1. The van der Waals surface area contributed by atoms with Gasteiger partial charge in [-0.2, -0.15) is 13.1 Å². The van der Waals surface area contributed by atoms with Crippen molar-refractivity contribution in [1.82, 2.24) is 4.72 Å². The summed E-state index contributed by atoms with van der Waals surface area (Å²) in [7, 11) is -7.01. The molecule has 2 N–H and O–H groups in total. The van der Waals surface area contributed by atoms with E-state index in [-0.39, 0.29) is 23.0 Å². The van der Waals surface area contributed by atoms with Crippen LogP contribution in [0.5, 0.6) is 0 Å². The minimum absolute atomic E-state index is 0.0954. The summed E-state index contributed by atoms with van der Waals surface area (Å²) in [5.74, 6) is 0.0954. The molecule has 1 aromatic carbocycles. The quantitative estimate of drug-likeness (QED) is 0.825. The maximum atomic E-state index is 12.1. The van der Waals surface area contributed by atoms with E-state index >= 15 is 0 Å². The van der Waals surface area contributed by atoms with Crippen LogP contribution in [0.3, 0.4) is 0 Å². The van der Waals surface area contributed by atoms with Crippen molar-refractivity contribution in [1.29, 1.82) is 0 Å². The van der Waals surface area contributed by atoms with Crippen molar-refractivity contribution in [2.45, 2.75) is 19.8 Å². The molecule has 1 fully saturated rings. The summed E-state index contributed by atoms with van der Waals surface area (Å²) in [6.07, 6.45) is 1.40. The molecule has 7 nitrogen and oxygen atoms in total. The highest BCUT2D eigenvalue weighted by molar-refractivity contribution is 7.92. The average molecular weight is 368 g/mol. The Labute approximate surface area is 135 Å². The van der Waals surface area contributed by atoms with E-state index in [1.807, 2.05) is 0 Å². The highest BCUT2D eigenvalue weighted by atomic mass is 35.5. The van der Waals surface area contributed by atoms with Crippen LogP contribution in [0, 0.1) is 0 Å². The van der Waals surface area contributed by atoms with E-state index in [9.17, 15) is 16.8 Å². The lowest BCUT2D eigenvalue weighted by Gasteiger charge is -2.29. The van der Waals surface area contributed by atoms with E-state index in [0.717, 1.165) is 6.42 Å². The predicted molar refractivity (Wildman–Crippen MR) is 88.0 cm³/mol. The molecule has 1 saturated heterocycles. The van der Waals surface area contributed by atoms with Gasteiger partial charge in [-0.1, -0.05) is 18.5 Å². The second-order valence-electron chi connectivity index (χ2n) is 4.86. The first-order valence-electron chi connectivity index (χ1n) is 6.82. The Hall–Kier alpha value is -1.03. The fourth-order valence-electron chi connectivity index (χ4n) is 2.21. The van der Waals surface area contributed by atoms with Crippen LogP contribution in [-0.4, -0.2) is 35.7 Å². The van der Waals surface area contributed by atoms with Crippen molar-refractivity contribution >= 4 is 43.2 Å². The van der Waals surface area contributed by atoms with Crippen LogP contribution in [0.25, 0.3) is 0 Å². The van der Waals surface area contributed by atoms with E-state index in [0.29, 0.717) is 18.7 Å². The van der Waals surface area contributed by atoms with Crippen molar-refractivity contribution in [3.05, 3.63) is 23.2 Å². The minimum atomic E-state index is -3.65. The smallest absolute Gasteiger partial charge is 0.271 e. The van der Waals surface area contributed by atoms with Crippen LogP contribution in [0.2, 0.25) is 5.02 Å². The Bertz CT molecular complexity index is 750. The molecule has 0 aliphatic carbocycles. The fraction of sp³-hybridized carbons (Fsp3) is 0.500. The predicted octanol–water partition coefficient (Wildman–Crippen LogP) is 1.54. The van der Waals surface area contributed by atoms with Crippen molar-refractivity contribution in [3.63, 3.8) is 0 Å². The van der Waals surface area contributed by atoms with Gasteiger partial charge in [0.05, 0.1) is 22.2 Å². The topological polar surface area (TPSA) is 95.6 Å². The lowest BCUT2D eigenvalue weighted by atomic mass is 10.2. The van der Waals surface area contributed by atoms with Crippen molar-refractivity contribution in [3.8, 4) is 0 Å². The lowest BCUT2D eigenvalue weighted by molar-refractivity contribution is 0.574. The molecule has 10 heteroatoms. The van der Waals surface area contributed by atoms with Crippen LogP contribution in [0.1, 0.15) is 19.8 Å². The van der Waals surface area contributed by atoms with E-state index < -0.39 is 20.2 Å². The third-order valence-electron chi connectivity index (χ3n) is 3.15. The Balaban J connectivity index is 2.27. The summed E-state index contributed by atoms with van der Waals surface area (Å²) in [5.41, 5.74) is 0.636. The zero-order valence-corrected chi connectivity index (χ0v) is 14.4. The standard InChI is InChI=1S/C12H18ClN3O4S2/c1-2-14-22(19,20)15-10-5-6-12(11(13)9-10)16-7-3-4-8-21(16,17)18/h5-6,9,14-15H,2-4,7-8H2,1H3. The highest BCUT2D eigenvalue weighted by Crippen LogP contribution is 2.32. The molecular weight excluding hydrogens is 350 g/mol. The molecule has 0 saturated carbocycles. The molecule has 0 atom stereocenters. The summed E-state index contributed by atoms with van der Waals surface area (Å²) in [6, 6.07) is 4.39. The number of nitrogens with one attached hydrogen (secondary N) is 2. The number of hydrogen-bond donors (Lipinski definition) is 2. The molecule has 0 amide bonds. The normalized spacial score (nSPS) is 18.2. The molecule has 2 rings (SSSR count). The number of benzene rings is 1. The molecule has 1 heterocycles. The van der Waals surface area contributed by atoms with Crippen LogP contribution in [0.15, 0.2) is 18.2 Å². The van der Waals surface area contributed by atoms with Gasteiger partial charge in [0.2, 0.25) is 10.0 Å². The first-order chi connectivity index (χ1) is 10.2. The van der Waals surface area contributed by atoms with Crippen molar-refractivity contribution < 1.29 is 16.8 Å². The van der Waals surface area contributed by atoms with E-state index in [2.05, 4.69) is 9.44 Å². The summed E-state index contributed by atoms with van der Waals surface area (Å²) in [5, 5.41) is 0.183. The van der Waals surface area contributed by atoms with Gasteiger partial charge in [-0.25, -0.2) is 8.42 Å². The molecule has 22 heavy (non-hydrogen) atoms. The zero-order valence-electron chi connectivity index (χ0n) is 12.0. The first kappa shape index (κ1) is 17.3. The molecule has 1 aliphatic rings. The molecule has 0 radical (unpaired) electrons. The van der Waals surface area contributed by atoms with Gasteiger partial charge < -0.3 is 0 Å². The second kappa shape index (κ2) is 6.61. The SMILES string of the molecule is CCNS(=O)(=O)Nc1ccc(N2CCCCS2(=O)=O)c(Cl)c1. The Morgan fingerprint density at radius 1 is 1.32 bits per heavy atom. The number of hydrogen-bond acceptors (Lipinski definition) is 4. The summed E-state index contributed by atoms with van der Waals surface area (Å²) >= 11 is 6.13. The van der Waals surface area contributed by atoms with Gasteiger partial charge in [0.25, 0.3) is 10.2 Å². The summed E-state index contributed by atoms with van der Waals surface area (Å²) < 4.78 is 53.3. The number of sulfonamides is 1. The molecule has 1 aromatic rings. The molecule has 0 unspecified atom stereocenters. The summed E-state index contributed by atoms with van der Waals surface area (Å²) in [4.78, 5) is 0. The molecule has 1 aliphatic heterocycles. The van der Waals surface area contributed by atoms with Gasteiger partial charge in [-0.05, 0) is 31.0 Å². The van der Waals surface area contributed by atoms with Gasteiger partial charge in [0.15, 0.2) is 0 Å². The van der Waals surface area contributed by atoms with Crippen LogP contribution in [-0.2, 0) is 20.2 Å². The number of anilines is 2. The Morgan fingerprint density at radius 2 is 2.05 bits per heavy atom. The lowest BCUT2D eigenvalue weighted by Crippen LogP contribution is -2.38. The molecular formula is C12H18ClN3O4S2. The Morgan fingerprint density at radius 3 is 2.64 bits per heavy atom. The molecule has 0 bridgehead atoms. The van der Waals surface area contributed by atoms with Crippen LogP contribution < -0.4 is 13.7 Å². The van der Waals surface area contributed by atoms with Gasteiger partial charge in [0.1, 0.15) is 0 Å². The van der Waals surface area contributed by atoms with E-state index in [4.69, 9.17) is 11.6 Å². The number of halogens is 1. The molecule has 0 aromatic heterocycles. The van der Waals surface area contributed by atoms with Gasteiger partial charge in [-0.15, -0.1) is 0 Å². The third kappa shape index (κ3) is 4.03. The maximum absolute atomic E-state index is 12.1. The summed E-state index contributed by atoms with van der Waals surface area (Å²) in [6.45, 7) is 2.30. The first-order valence-corrected chi connectivity index (χ1v) is 10.3. The fourth-order valence-corrected chi connectivity index (χ4v) is 5.09. The van der Waals surface area contributed by atoms with E-state index in [1.54, 1.807) is 6.92 Å². The van der Waals surface area contributed by atoms with Gasteiger partial charge in [-0.3, -0.25) is 9.03 Å². The van der Waals surface area contributed by atoms with Gasteiger partial charge >= 0.3 is 0 Å². The van der Waals surface area contributed by atoms with Crippen LogP contribution in [0.4, 0.5) is 11.4 Å². The average Bonchev–Trinajstić information content (AvgIpc) is 2.39.